The van der Waals surface area contributed by atoms with Gasteiger partial charge in [0.2, 0.25) is 5.91 Å². The van der Waals surface area contributed by atoms with Crippen LogP contribution in [-0.4, -0.2) is 35.8 Å². The lowest BCUT2D eigenvalue weighted by molar-refractivity contribution is -0.121. The second-order valence-electron chi connectivity index (χ2n) is 3.44. The second-order valence-corrected chi connectivity index (χ2v) is 4.86. The van der Waals surface area contributed by atoms with Crippen molar-refractivity contribution in [1.29, 1.82) is 0 Å². The number of hydrogen-bond acceptors (Lipinski definition) is 5. The molecule has 0 spiro atoms. The Morgan fingerprint density at radius 3 is 2.62 bits per heavy atom. The van der Waals surface area contributed by atoms with E-state index in [-0.39, 0.29) is 0 Å². The van der Waals surface area contributed by atoms with Gasteiger partial charge in [-0.2, -0.15) is 8.42 Å². The fourth-order valence-corrected chi connectivity index (χ4v) is 1.88. The Kier molecular flexibility index (Phi) is 3.20. The minimum atomic E-state index is -4.42. The van der Waals surface area contributed by atoms with Crippen molar-refractivity contribution in [3.05, 3.63) is 23.1 Å². The van der Waals surface area contributed by atoms with Gasteiger partial charge >= 0.3 is 0 Å². The Labute approximate surface area is 92.4 Å². The lowest BCUT2D eigenvalue weighted by atomic mass is 9.98. The molecule has 0 saturated carbocycles. The molecule has 1 rings (SSSR count). The maximum atomic E-state index is 10.9. The van der Waals surface area contributed by atoms with Crippen molar-refractivity contribution in [3.8, 4) is 0 Å². The molecule has 0 bridgehead atoms. The van der Waals surface area contributed by atoms with E-state index in [1.807, 2.05) is 0 Å². The van der Waals surface area contributed by atoms with Gasteiger partial charge in [-0.1, -0.05) is 6.08 Å². The van der Waals surface area contributed by atoms with E-state index in [0.29, 0.717) is 0 Å². The molecule has 5 N–H and O–H groups in total. The van der Waals surface area contributed by atoms with Crippen LogP contribution in [0, 0.1) is 0 Å². The highest BCUT2D eigenvalue weighted by Crippen LogP contribution is 2.20. The van der Waals surface area contributed by atoms with Crippen LogP contribution in [0.2, 0.25) is 0 Å². The second kappa shape index (κ2) is 3.98. The van der Waals surface area contributed by atoms with Gasteiger partial charge in [-0.25, -0.2) is 0 Å². The highest BCUT2D eigenvalue weighted by Gasteiger charge is 2.35. The molecule has 2 atom stereocenters. The van der Waals surface area contributed by atoms with Crippen LogP contribution in [0.15, 0.2) is 23.1 Å². The first-order valence-corrected chi connectivity index (χ1v) is 5.73. The third-order valence-electron chi connectivity index (χ3n) is 2.00. The van der Waals surface area contributed by atoms with Gasteiger partial charge in [0.1, 0.15) is 11.8 Å². The zero-order chi connectivity index (χ0) is 12.6. The molecule has 0 aliphatic heterocycles. The summed E-state index contributed by atoms with van der Waals surface area (Å²) < 4.78 is 30.5. The van der Waals surface area contributed by atoms with E-state index < -0.39 is 32.7 Å². The first-order valence-electron chi connectivity index (χ1n) is 4.29. The van der Waals surface area contributed by atoms with Crippen molar-refractivity contribution in [2.24, 2.45) is 5.73 Å². The van der Waals surface area contributed by atoms with Crippen molar-refractivity contribution in [3.63, 3.8) is 0 Å². The standard InChI is InChI=1S/C8H12N2O5S/c1-5(11)10-8(9)4-6(16(13,14)15)2-3-7(8)12/h2-4,7,12H,9H2,1H3,(H,10,11)(H,13,14,15). The van der Waals surface area contributed by atoms with Crippen molar-refractivity contribution in [2.45, 2.75) is 18.7 Å². The molecule has 0 aromatic rings. The number of aliphatic hydroxyl groups is 1. The number of rotatable bonds is 2. The summed E-state index contributed by atoms with van der Waals surface area (Å²) in [6.45, 7) is 1.17. The zero-order valence-electron chi connectivity index (χ0n) is 8.41. The summed E-state index contributed by atoms with van der Waals surface area (Å²) in [6, 6.07) is 0. The fourth-order valence-electron chi connectivity index (χ4n) is 1.29. The molecule has 0 aromatic heterocycles. The number of aliphatic hydroxyl groups excluding tert-OH is 1. The van der Waals surface area contributed by atoms with Gasteiger partial charge < -0.3 is 16.2 Å². The Balaban J connectivity index is 3.15. The first-order chi connectivity index (χ1) is 7.15. The number of carbonyl (C=O) groups excluding carboxylic acids is 1. The van der Waals surface area contributed by atoms with Crippen LogP contribution in [0.4, 0.5) is 0 Å². The number of amides is 1. The third kappa shape index (κ3) is 2.67. The summed E-state index contributed by atoms with van der Waals surface area (Å²) >= 11 is 0. The Hall–Kier alpha value is -1.22. The average Bonchev–Trinajstić information content (AvgIpc) is 2.06. The topological polar surface area (TPSA) is 130 Å². The third-order valence-corrected chi connectivity index (χ3v) is 2.85. The van der Waals surface area contributed by atoms with Crippen LogP contribution in [0.25, 0.3) is 0 Å². The van der Waals surface area contributed by atoms with Crippen LogP contribution in [-0.2, 0) is 14.9 Å². The molecule has 7 nitrogen and oxygen atoms in total. The van der Waals surface area contributed by atoms with E-state index in [9.17, 15) is 18.3 Å². The monoisotopic (exact) mass is 248 g/mol. The molecular weight excluding hydrogens is 236 g/mol. The first kappa shape index (κ1) is 12.8. The fraction of sp³-hybridized carbons (Fsp3) is 0.375. The summed E-state index contributed by atoms with van der Waals surface area (Å²) in [6.07, 6.45) is 1.68. The highest BCUT2D eigenvalue weighted by molar-refractivity contribution is 7.90. The van der Waals surface area contributed by atoms with Gasteiger partial charge in [-0.3, -0.25) is 9.35 Å². The van der Waals surface area contributed by atoms with Crippen molar-refractivity contribution >= 4 is 16.0 Å². The normalized spacial score (nSPS) is 29.8. The quantitative estimate of drug-likeness (QED) is 0.347. The number of carbonyl (C=O) groups is 1. The predicted molar refractivity (Wildman–Crippen MR) is 55.5 cm³/mol. The van der Waals surface area contributed by atoms with Gasteiger partial charge in [0.25, 0.3) is 10.1 Å². The van der Waals surface area contributed by atoms with Crippen molar-refractivity contribution in [1.82, 2.24) is 5.32 Å². The molecule has 0 saturated heterocycles. The number of nitrogens with one attached hydrogen (secondary N) is 1. The molecule has 0 heterocycles. The molecule has 8 heteroatoms. The van der Waals surface area contributed by atoms with Gasteiger partial charge in [0.15, 0.2) is 0 Å². The van der Waals surface area contributed by atoms with Crippen LogP contribution in [0.1, 0.15) is 6.92 Å². The van der Waals surface area contributed by atoms with E-state index in [4.69, 9.17) is 10.3 Å². The molecule has 0 fully saturated rings. The SMILES string of the molecule is CC(=O)NC1(N)C=C(S(=O)(=O)O)C=CC1O. The lowest BCUT2D eigenvalue weighted by Gasteiger charge is -2.32. The average molecular weight is 248 g/mol. The van der Waals surface area contributed by atoms with Gasteiger partial charge in [0, 0.05) is 6.92 Å². The molecule has 0 radical (unpaired) electrons. The summed E-state index contributed by atoms with van der Waals surface area (Å²) in [5, 5.41) is 11.7. The van der Waals surface area contributed by atoms with Crippen LogP contribution < -0.4 is 11.1 Å². The van der Waals surface area contributed by atoms with E-state index in [1.54, 1.807) is 0 Å². The molecule has 1 aliphatic carbocycles. The van der Waals surface area contributed by atoms with E-state index in [2.05, 4.69) is 5.32 Å². The van der Waals surface area contributed by atoms with Gasteiger partial charge in [-0.05, 0) is 12.2 Å². The molecule has 0 aromatic carbocycles. The smallest absolute Gasteiger partial charge is 0.294 e. The maximum absolute atomic E-state index is 10.9. The minimum absolute atomic E-state index is 0.478. The summed E-state index contributed by atoms with van der Waals surface area (Å²) in [5.74, 6) is -0.539. The van der Waals surface area contributed by atoms with Crippen molar-refractivity contribution in [2.75, 3.05) is 0 Å². The van der Waals surface area contributed by atoms with E-state index >= 15 is 0 Å². The zero-order valence-corrected chi connectivity index (χ0v) is 9.23. The predicted octanol–water partition coefficient (Wildman–Crippen LogP) is -1.52. The molecule has 2 unspecified atom stereocenters. The van der Waals surface area contributed by atoms with Gasteiger partial charge in [-0.15, -0.1) is 0 Å². The largest absolute Gasteiger partial charge is 0.385 e. The van der Waals surface area contributed by atoms with Crippen LogP contribution in [0.5, 0.6) is 0 Å². The van der Waals surface area contributed by atoms with E-state index in [1.165, 1.54) is 6.92 Å². The number of nitrogens with two attached hydrogens (primary N) is 1. The maximum Gasteiger partial charge on any atom is 0.294 e. The summed E-state index contributed by atoms with van der Waals surface area (Å²) in [4.78, 5) is 10.4. The van der Waals surface area contributed by atoms with Gasteiger partial charge in [0.05, 0.1) is 4.91 Å². The summed E-state index contributed by atoms with van der Waals surface area (Å²) in [7, 11) is -4.42. The lowest BCUT2D eigenvalue weighted by Crippen LogP contribution is -2.62. The number of hydrogen-bond donors (Lipinski definition) is 4. The van der Waals surface area contributed by atoms with Crippen LogP contribution >= 0.6 is 0 Å². The highest BCUT2D eigenvalue weighted by atomic mass is 32.2. The van der Waals surface area contributed by atoms with E-state index in [0.717, 1.165) is 18.2 Å². The molecular formula is C8H12N2O5S. The van der Waals surface area contributed by atoms with Crippen LogP contribution in [0.3, 0.4) is 0 Å². The minimum Gasteiger partial charge on any atom is -0.385 e. The number of allylic oxidation sites excluding steroid dienone is 1. The summed E-state index contributed by atoms with van der Waals surface area (Å²) in [5.41, 5.74) is 3.86. The molecule has 16 heavy (non-hydrogen) atoms. The Morgan fingerprint density at radius 1 is 1.62 bits per heavy atom. The molecule has 90 valence electrons. The van der Waals surface area contributed by atoms with Crippen molar-refractivity contribution < 1.29 is 22.9 Å². The molecule has 1 amide bonds. The Bertz CT molecular complexity index is 467. The molecule has 1 aliphatic rings. The Morgan fingerprint density at radius 2 is 2.19 bits per heavy atom.